The Kier molecular flexibility index (Phi) is 2.54. The molecular formula is C12H13F3NO+. The van der Waals surface area contributed by atoms with E-state index in [0.717, 1.165) is 0 Å². The van der Waals surface area contributed by atoms with Crippen LogP contribution in [0.4, 0.5) is 13.2 Å². The van der Waals surface area contributed by atoms with Gasteiger partial charge in [-0.2, -0.15) is 13.2 Å². The lowest BCUT2D eigenvalue weighted by atomic mass is 9.83. The van der Waals surface area contributed by atoms with E-state index < -0.39 is 17.7 Å². The summed E-state index contributed by atoms with van der Waals surface area (Å²) >= 11 is 0. The number of rotatable bonds is 0. The Morgan fingerprint density at radius 2 is 1.94 bits per heavy atom. The van der Waals surface area contributed by atoms with Crippen molar-refractivity contribution in [2.75, 3.05) is 14.1 Å². The fourth-order valence-corrected chi connectivity index (χ4v) is 2.29. The molecule has 2 unspecified atom stereocenters. The first kappa shape index (κ1) is 12.1. The van der Waals surface area contributed by atoms with Crippen molar-refractivity contribution in [1.82, 2.24) is 0 Å². The highest BCUT2D eigenvalue weighted by Gasteiger charge is 2.67. The first-order valence-corrected chi connectivity index (χ1v) is 5.19. The third-order valence-corrected chi connectivity index (χ3v) is 3.12. The maximum absolute atomic E-state index is 13.1. The maximum Gasteiger partial charge on any atom is 0.428 e. The topological polar surface area (TPSA) is 23.2 Å². The zero-order valence-electron chi connectivity index (χ0n) is 9.49. The van der Waals surface area contributed by atoms with Gasteiger partial charge in [0, 0.05) is 6.08 Å². The van der Waals surface area contributed by atoms with E-state index in [-0.39, 0.29) is 5.71 Å². The number of hydrogen-bond acceptors (Lipinski definition) is 1. The van der Waals surface area contributed by atoms with Crippen LogP contribution in [0.3, 0.4) is 0 Å². The SMILES string of the molecule is C[N+](C)=C1C=C2C=CC=CC2C1(O)C(F)(F)F. The van der Waals surface area contributed by atoms with E-state index in [0.29, 0.717) is 5.57 Å². The largest absolute Gasteiger partial charge is 0.428 e. The molecule has 0 amide bonds. The number of alkyl halides is 3. The van der Waals surface area contributed by atoms with Crippen LogP contribution in [0.15, 0.2) is 36.0 Å². The summed E-state index contributed by atoms with van der Waals surface area (Å²) in [5.74, 6) is -1.05. The van der Waals surface area contributed by atoms with Crippen molar-refractivity contribution in [2.24, 2.45) is 5.92 Å². The van der Waals surface area contributed by atoms with E-state index in [9.17, 15) is 18.3 Å². The molecule has 0 aromatic rings. The molecule has 0 aromatic carbocycles. The highest BCUT2D eigenvalue weighted by molar-refractivity contribution is 6.03. The van der Waals surface area contributed by atoms with Crippen LogP contribution in [0, 0.1) is 5.92 Å². The predicted molar refractivity (Wildman–Crippen MR) is 58.0 cm³/mol. The monoisotopic (exact) mass is 244 g/mol. The molecule has 5 heteroatoms. The molecule has 0 bridgehead atoms. The number of aliphatic hydroxyl groups is 1. The molecule has 2 aliphatic rings. The van der Waals surface area contributed by atoms with Gasteiger partial charge >= 0.3 is 6.18 Å². The molecule has 0 aromatic heterocycles. The highest BCUT2D eigenvalue weighted by atomic mass is 19.4. The van der Waals surface area contributed by atoms with Gasteiger partial charge in [0.15, 0.2) is 0 Å². The predicted octanol–water partition coefficient (Wildman–Crippen LogP) is 1.68. The number of hydrogen-bond donors (Lipinski definition) is 1. The summed E-state index contributed by atoms with van der Waals surface area (Å²) in [4.78, 5) is 0. The second-order valence-corrected chi connectivity index (χ2v) is 4.41. The lowest BCUT2D eigenvalue weighted by Gasteiger charge is -2.30. The Bertz CT molecular complexity index is 467. The van der Waals surface area contributed by atoms with Crippen LogP contribution in [0.1, 0.15) is 0 Å². The van der Waals surface area contributed by atoms with Gasteiger partial charge in [-0.05, 0) is 5.57 Å². The molecule has 0 heterocycles. The summed E-state index contributed by atoms with van der Waals surface area (Å²) < 4.78 is 40.7. The fraction of sp³-hybridized carbons (Fsp3) is 0.417. The van der Waals surface area contributed by atoms with Crippen LogP contribution >= 0.6 is 0 Å². The molecule has 1 N–H and O–H groups in total. The van der Waals surface area contributed by atoms with E-state index in [2.05, 4.69) is 0 Å². The average Bonchev–Trinajstić information content (AvgIpc) is 2.54. The highest BCUT2D eigenvalue weighted by Crippen LogP contribution is 2.46. The molecule has 92 valence electrons. The minimum Gasteiger partial charge on any atom is -0.371 e. The quantitative estimate of drug-likeness (QED) is 0.644. The summed E-state index contributed by atoms with van der Waals surface area (Å²) in [6, 6.07) is 0. The Morgan fingerprint density at radius 3 is 2.47 bits per heavy atom. The smallest absolute Gasteiger partial charge is 0.371 e. The number of fused-ring (bicyclic) bond motifs is 1. The standard InChI is InChI=1S/C12H13F3NO/c1-16(2)10-7-8-5-3-4-6-9(8)11(10,17)12(13,14)15/h3-7,9,17H,1-2H3/q+1. The summed E-state index contributed by atoms with van der Waals surface area (Å²) in [6.07, 6.45) is 2.87. The Labute approximate surface area is 97.1 Å². The van der Waals surface area contributed by atoms with Gasteiger partial charge < -0.3 is 5.11 Å². The van der Waals surface area contributed by atoms with Gasteiger partial charge in [-0.3, -0.25) is 0 Å². The van der Waals surface area contributed by atoms with Crippen molar-refractivity contribution in [1.29, 1.82) is 0 Å². The first-order valence-electron chi connectivity index (χ1n) is 5.19. The van der Waals surface area contributed by atoms with Crippen molar-refractivity contribution in [2.45, 2.75) is 11.8 Å². The Hall–Kier alpha value is -1.36. The second-order valence-electron chi connectivity index (χ2n) is 4.41. The summed E-state index contributed by atoms with van der Waals surface area (Å²) in [7, 11) is 2.99. The Morgan fingerprint density at radius 1 is 1.29 bits per heavy atom. The number of halogens is 3. The molecule has 0 saturated carbocycles. The van der Waals surface area contributed by atoms with Crippen LogP contribution in [-0.2, 0) is 0 Å². The van der Waals surface area contributed by atoms with Crippen molar-refractivity contribution in [3.05, 3.63) is 36.0 Å². The van der Waals surface area contributed by atoms with E-state index >= 15 is 0 Å². The molecule has 0 saturated heterocycles. The van der Waals surface area contributed by atoms with Gasteiger partial charge in [0.2, 0.25) is 5.71 Å². The van der Waals surface area contributed by atoms with Crippen molar-refractivity contribution >= 4 is 5.71 Å². The number of allylic oxidation sites excluding steroid dienone is 3. The van der Waals surface area contributed by atoms with E-state index in [1.165, 1.54) is 36.9 Å². The van der Waals surface area contributed by atoms with Crippen LogP contribution in [-0.4, -0.2) is 41.3 Å². The molecule has 0 radical (unpaired) electrons. The normalized spacial score (nSPS) is 31.5. The zero-order valence-corrected chi connectivity index (χ0v) is 9.49. The van der Waals surface area contributed by atoms with E-state index in [1.54, 1.807) is 12.2 Å². The van der Waals surface area contributed by atoms with Crippen molar-refractivity contribution in [3.8, 4) is 0 Å². The van der Waals surface area contributed by atoms with Crippen LogP contribution in [0.5, 0.6) is 0 Å². The lowest BCUT2D eigenvalue weighted by molar-refractivity contribution is -0.472. The van der Waals surface area contributed by atoms with Crippen molar-refractivity contribution in [3.63, 3.8) is 0 Å². The van der Waals surface area contributed by atoms with Gasteiger partial charge in [-0.25, -0.2) is 4.58 Å². The third kappa shape index (κ3) is 1.57. The Balaban J connectivity index is 2.63. The summed E-state index contributed by atoms with van der Waals surface area (Å²) in [6.45, 7) is 0. The molecule has 0 aliphatic heterocycles. The van der Waals surface area contributed by atoms with Gasteiger partial charge in [-0.1, -0.05) is 24.3 Å². The minimum absolute atomic E-state index is 0.124. The van der Waals surface area contributed by atoms with Gasteiger partial charge in [-0.15, -0.1) is 0 Å². The molecular weight excluding hydrogens is 231 g/mol. The third-order valence-electron chi connectivity index (χ3n) is 3.12. The fourth-order valence-electron chi connectivity index (χ4n) is 2.29. The molecule has 2 atom stereocenters. The molecule has 0 spiro atoms. The number of nitrogens with zero attached hydrogens (tertiary/aromatic N) is 1. The average molecular weight is 244 g/mol. The molecule has 2 aliphatic carbocycles. The maximum atomic E-state index is 13.1. The summed E-state index contributed by atoms with van der Waals surface area (Å²) in [5.41, 5.74) is -2.47. The molecule has 2 rings (SSSR count). The molecule has 17 heavy (non-hydrogen) atoms. The minimum atomic E-state index is -4.70. The van der Waals surface area contributed by atoms with E-state index in [1.807, 2.05) is 0 Å². The van der Waals surface area contributed by atoms with Crippen LogP contribution in [0.2, 0.25) is 0 Å². The van der Waals surface area contributed by atoms with Gasteiger partial charge in [0.1, 0.15) is 14.1 Å². The summed E-state index contributed by atoms with van der Waals surface area (Å²) in [5, 5.41) is 10.1. The van der Waals surface area contributed by atoms with Crippen LogP contribution in [0.25, 0.3) is 0 Å². The molecule has 0 fully saturated rings. The lowest BCUT2D eigenvalue weighted by Crippen LogP contribution is -2.56. The van der Waals surface area contributed by atoms with E-state index in [4.69, 9.17) is 0 Å². The van der Waals surface area contributed by atoms with Gasteiger partial charge in [0.05, 0.1) is 5.92 Å². The van der Waals surface area contributed by atoms with Crippen molar-refractivity contribution < 1.29 is 22.9 Å². The molecule has 2 nitrogen and oxygen atoms in total. The van der Waals surface area contributed by atoms with Gasteiger partial charge in [0.25, 0.3) is 5.60 Å². The second kappa shape index (κ2) is 3.57. The zero-order chi connectivity index (χ0) is 12.8. The first-order chi connectivity index (χ1) is 7.78. The van der Waals surface area contributed by atoms with Crippen LogP contribution < -0.4 is 0 Å².